The molecule has 0 fully saturated rings. The van der Waals surface area contributed by atoms with Gasteiger partial charge in [-0.3, -0.25) is 14.8 Å². The van der Waals surface area contributed by atoms with Crippen molar-refractivity contribution < 1.29 is 9.66 Å². The third kappa shape index (κ3) is 3.01. The topological polar surface area (TPSA) is 82.2 Å². The van der Waals surface area contributed by atoms with Crippen LogP contribution in [0.1, 0.15) is 5.56 Å². The summed E-state index contributed by atoms with van der Waals surface area (Å²) in [6.07, 6.45) is 3.51. The van der Waals surface area contributed by atoms with Gasteiger partial charge in [-0.15, -0.1) is 0 Å². The Balaban J connectivity index is 2.17. The number of rotatable bonds is 5. The summed E-state index contributed by atoms with van der Waals surface area (Å²) in [6.45, 7) is 0.427. The molecule has 0 bridgehead atoms. The van der Waals surface area contributed by atoms with Crippen LogP contribution >= 0.6 is 0 Å². The number of methoxy groups -OCH3 is 1. The number of ether oxygens (including phenoxy) is 1. The Kier molecular flexibility index (Phi) is 3.65. The quantitative estimate of drug-likeness (QED) is 0.657. The third-order valence-corrected chi connectivity index (χ3v) is 2.66. The van der Waals surface area contributed by atoms with Crippen LogP contribution in [0.5, 0.6) is 5.75 Å². The van der Waals surface area contributed by atoms with E-state index in [4.69, 9.17) is 4.74 Å². The first-order valence-corrected chi connectivity index (χ1v) is 5.64. The van der Waals surface area contributed by atoms with E-state index in [0.29, 0.717) is 12.3 Å². The smallest absolute Gasteiger partial charge is 0.270 e. The second kappa shape index (κ2) is 5.38. The van der Waals surface area contributed by atoms with Gasteiger partial charge in [0.25, 0.3) is 5.69 Å². The molecule has 0 saturated carbocycles. The predicted molar refractivity (Wildman–Crippen MR) is 70.2 cm³/mol. The van der Waals surface area contributed by atoms with E-state index in [9.17, 15) is 10.1 Å². The van der Waals surface area contributed by atoms with Crippen LogP contribution in [-0.2, 0) is 13.6 Å². The van der Waals surface area contributed by atoms with Gasteiger partial charge < -0.3 is 10.1 Å². The van der Waals surface area contributed by atoms with Gasteiger partial charge in [-0.2, -0.15) is 5.10 Å². The van der Waals surface area contributed by atoms with Gasteiger partial charge >= 0.3 is 0 Å². The van der Waals surface area contributed by atoms with E-state index < -0.39 is 4.92 Å². The molecule has 100 valence electrons. The summed E-state index contributed by atoms with van der Waals surface area (Å²) in [5, 5.41) is 17.9. The van der Waals surface area contributed by atoms with Gasteiger partial charge in [0.1, 0.15) is 5.75 Å². The van der Waals surface area contributed by atoms with Crippen molar-refractivity contribution in [2.75, 3.05) is 12.4 Å². The van der Waals surface area contributed by atoms with Crippen molar-refractivity contribution in [3.63, 3.8) is 0 Å². The molecule has 0 unspecified atom stereocenters. The summed E-state index contributed by atoms with van der Waals surface area (Å²) in [5.41, 5.74) is 1.61. The van der Waals surface area contributed by atoms with Gasteiger partial charge in [0, 0.05) is 37.5 Å². The van der Waals surface area contributed by atoms with Crippen molar-refractivity contribution in [2.45, 2.75) is 6.54 Å². The molecule has 0 atom stereocenters. The highest BCUT2D eigenvalue weighted by Crippen LogP contribution is 2.24. The first-order valence-electron chi connectivity index (χ1n) is 5.64. The van der Waals surface area contributed by atoms with Crippen molar-refractivity contribution in [2.24, 2.45) is 7.05 Å². The van der Waals surface area contributed by atoms with E-state index in [1.54, 1.807) is 16.9 Å². The lowest BCUT2D eigenvalue weighted by atomic mass is 10.1. The molecule has 0 amide bonds. The molecule has 0 aliphatic rings. The maximum absolute atomic E-state index is 10.8. The lowest BCUT2D eigenvalue weighted by molar-refractivity contribution is -0.384. The summed E-state index contributed by atoms with van der Waals surface area (Å²) < 4.78 is 6.86. The minimum Gasteiger partial charge on any atom is -0.496 e. The first kappa shape index (κ1) is 12.9. The molecule has 1 aromatic carbocycles. The number of aromatic nitrogens is 2. The molecule has 0 saturated heterocycles. The molecule has 2 rings (SSSR count). The zero-order valence-corrected chi connectivity index (χ0v) is 10.7. The summed E-state index contributed by atoms with van der Waals surface area (Å²) in [7, 11) is 3.36. The van der Waals surface area contributed by atoms with E-state index in [2.05, 4.69) is 10.4 Å². The molecule has 7 nitrogen and oxygen atoms in total. The number of nitro groups is 1. The van der Waals surface area contributed by atoms with Crippen LogP contribution in [0, 0.1) is 10.1 Å². The molecule has 19 heavy (non-hydrogen) atoms. The second-order valence-corrected chi connectivity index (χ2v) is 4.01. The molecule has 1 aromatic heterocycles. The van der Waals surface area contributed by atoms with Crippen LogP contribution < -0.4 is 10.1 Å². The highest BCUT2D eigenvalue weighted by atomic mass is 16.6. The molecule has 0 aliphatic carbocycles. The minimum absolute atomic E-state index is 0.0452. The normalized spacial score (nSPS) is 10.2. The van der Waals surface area contributed by atoms with Crippen molar-refractivity contribution in [3.05, 3.63) is 46.3 Å². The van der Waals surface area contributed by atoms with E-state index in [1.807, 2.05) is 13.2 Å². The molecular formula is C12H14N4O3. The fourth-order valence-corrected chi connectivity index (χ4v) is 1.73. The van der Waals surface area contributed by atoms with Gasteiger partial charge in [-0.25, -0.2) is 0 Å². The van der Waals surface area contributed by atoms with Crippen LogP contribution in [0.3, 0.4) is 0 Å². The van der Waals surface area contributed by atoms with Gasteiger partial charge in [-0.1, -0.05) is 0 Å². The number of hydrogen-bond acceptors (Lipinski definition) is 5. The Labute approximate surface area is 110 Å². The Hall–Kier alpha value is -2.57. The lowest BCUT2D eigenvalue weighted by Gasteiger charge is -2.09. The highest BCUT2D eigenvalue weighted by molar-refractivity contribution is 5.47. The number of nitrogens with one attached hydrogen (secondary N) is 1. The Bertz CT molecular complexity index is 594. The van der Waals surface area contributed by atoms with Crippen molar-refractivity contribution in [1.29, 1.82) is 0 Å². The maximum Gasteiger partial charge on any atom is 0.270 e. The average molecular weight is 262 g/mol. The van der Waals surface area contributed by atoms with Gasteiger partial charge in [0.05, 0.1) is 23.9 Å². The van der Waals surface area contributed by atoms with E-state index in [1.165, 1.54) is 19.2 Å². The average Bonchev–Trinajstić information content (AvgIpc) is 2.81. The molecule has 0 aliphatic heterocycles. The minimum atomic E-state index is -0.424. The van der Waals surface area contributed by atoms with Crippen molar-refractivity contribution in [3.8, 4) is 5.75 Å². The Morgan fingerprint density at radius 2 is 2.32 bits per heavy atom. The van der Waals surface area contributed by atoms with Crippen LogP contribution in [0.2, 0.25) is 0 Å². The molecule has 2 aromatic rings. The fourth-order valence-electron chi connectivity index (χ4n) is 1.73. The standard InChI is InChI=1S/C12H14N4O3/c1-15-8-10(7-14-15)13-6-9-5-11(16(17)18)3-4-12(9)19-2/h3-5,7-8,13H,6H2,1-2H3. The zero-order valence-electron chi connectivity index (χ0n) is 10.7. The number of non-ortho nitro benzene ring substituents is 1. The van der Waals surface area contributed by atoms with Crippen molar-refractivity contribution >= 4 is 11.4 Å². The van der Waals surface area contributed by atoms with Gasteiger partial charge in [0.15, 0.2) is 0 Å². The Morgan fingerprint density at radius 3 is 2.89 bits per heavy atom. The number of benzene rings is 1. The summed E-state index contributed by atoms with van der Waals surface area (Å²) in [4.78, 5) is 10.3. The summed E-state index contributed by atoms with van der Waals surface area (Å²) >= 11 is 0. The predicted octanol–water partition coefficient (Wildman–Crippen LogP) is 1.95. The SMILES string of the molecule is COc1ccc([N+](=O)[O-])cc1CNc1cnn(C)c1. The first-order chi connectivity index (χ1) is 9.10. The van der Waals surface area contributed by atoms with Gasteiger partial charge in [-0.05, 0) is 6.07 Å². The van der Waals surface area contributed by atoms with Crippen LogP contribution in [0.25, 0.3) is 0 Å². The van der Waals surface area contributed by atoms with Crippen LogP contribution in [0.15, 0.2) is 30.6 Å². The zero-order chi connectivity index (χ0) is 13.8. The van der Waals surface area contributed by atoms with E-state index in [0.717, 1.165) is 11.3 Å². The van der Waals surface area contributed by atoms with Crippen LogP contribution in [-0.4, -0.2) is 21.8 Å². The van der Waals surface area contributed by atoms with Gasteiger partial charge in [0.2, 0.25) is 0 Å². The second-order valence-electron chi connectivity index (χ2n) is 4.01. The number of aryl methyl sites for hydroxylation is 1. The molecular weight excluding hydrogens is 248 g/mol. The molecule has 1 heterocycles. The largest absolute Gasteiger partial charge is 0.496 e. The highest BCUT2D eigenvalue weighted by Gasteiger charge is 2.11. The molecule has 7 heteroatoms. The molecule has 1 N–H and O–H groups in total. The lowest BCUT2D eigenvalue weighted by Crippen LogP contribution is -2.02. The van der Waals surface area contributed by atoms with Crippen molar-refractivity contribution in [1.82, 2.24) is 9.78 Å². The monoisotopic (exact) mass is 262 g/mol. The summed E-state index contributed by atoms with van der Waals surface area (Å²) in [6, 6.07) is 4.52. The Morgan fingerprint density at radius 1 is 1.53 bits per heavy atom. The van der Waals surface area contributed by atoms with E-state index in [-0.39, 0.29) is 5.69 Å². The molecule has 0 radical (unpaired) electrons. The summed E-state index contributed by atoms with van der Waals surface area (Å²) in [5.74, 6) is 0.613. The number of hydrogen-bond donors (Lipinski definition) is 1. The number of anilines is 1. The molecule has 0 spiro atoms. The maximum atomic E-state index is 10.8. The third-order valence-electron chi connectivity index (χ3n) is 2.66. The number of nitro benzene ring substituents is 1. The van der Waals surface area contributed by atoms with Crippen LogP contribution in [0.4, 0.5) is 11.4 Å². The van der Waals surface area contributed by atoms with E-state index >= 15 is 0 Å². The number of nitrogens with zero attached hydrogens (tertiary/aromatic N) is 3. The fraction of sp³-hybridized carbons (Fsp3) is 0.250.